The van der Waals surface area contributed by atoms with E-state index in [9.17, 15) is 0 Å². The number of hydrogen-bond donors (Lipinski definition) is 1. The number of benzene rings is 1. The van der Waals surface area contributed by atoms with Gasteiger partial charge in [-0.05, 0) is 36.3 Å². The van der Waals surface area contributed by atoms with Gasteiger partial charge in [-0.3, -0.25) is 0 Å². The van der Waals surface area contributed by atoms with E-state index >= 15 is 0 Å². The highest BCUT2D eigenvalue weighted by molar-refractivity contribution is 5.32. The monoisotopic (exact) mass is 229 g/mol. The second kappa shape index (κ2) is 4.45. The molecule has 1 N–H and O–H groups in total. The summed E-state index contributed by atoms with van der Waals surface area (Å²) in [5.74, 6) is 0.708. The lowest BCUT2D eigenvalue weighted by molar-refractivity contribution is 0.209. The fourth-order valence-electron chi connectivity index (χ4n) is 3.84. The molecule has 0 unspecified atom stereocenters. The second-order valence-corrected chi connectivity index (χ2v) is 6.00. The molecule has 1 saturated carbocycles. The average molecular weight is 229 g/mol. The van der Waals surface area contributed by atoms with Gasteiger partial charge in [-0.2, -0.15) is 0 Å². The minimum absolute atomic E-state index is 0.441. The first-order valence-corrected chi connectivity index (χ1v) is 7.12. The zero-order valence-corrected chi connectivity index (χ0v) is 10.8. The third-order valence-corrected chi connectivity index (χ3v) is 4.75. The lowest BCUT2D eigenvalue weighted by Crippen LogP contribution is -2.45. The molecule has 2 aliphatic rings. The predicted octanol–water partition coefficient (Wildman–Crippen LogP) is 3.99. The van der Waals surface area contributed by atoms with Crippen molar-refractivity contribution in [1.29, 1.82) is 0 Å². The van der Waals surface area contributed by atoms with E-state index in [1.54, 1.807) is 5.56 Å². The molecule has 1 fully saturated rings. The Kier molecular flexibility index (Phi) is 2.96. The van der Waals surface area contributed by atoms with Crippen LogP contribution in [0.5, 0.6) is 0 Å². The largest absolute Gasteiger partial charge is 0.307 e. The van der Waals surface area contributed by atoms with Gasteiger partial charge in [0.25, 0.3) is 0 Å². The molecule has 17 heavy (non-hydrogen) atoms. The highest BCUT2D eigenvalue weighted by Crippen LogP contribution is 2.39. The summed E-state index contributed by atoms with van der Waals surface area (Å²) in [6.07, 6.45) is 8.34. The number of rotatable bonds is 0. The molecule has 1 aromatic carbocycles. The summed E-state index contributed by atoms with van der Waals surface area (Å²) >= 11 is 0. The molecular formula is C16H23N. The fourth-order valence-corrected chi connectivity index (χ4v) is 3.84. The minimum Gasteiger partial charge on any atom is -0.307 e. The molecule has 0 bridgehead atoms. The molecule has 0 saturated heterocycles. The van der Waals surface area contributed by atoms with Gasteiger partial charge in [0.15, 0.2) is 0 Å². The Morgan fingerprint density at radius 1 is 1.12 bits per heavy atom. The SMILES string of the molecule is C[C@H]1CC2(CCCCC2)NCc2ccccc21. The standard InChI is InChI=1S/C16H23N/c1-13-11-16(9-5-2-6-10-16)17-12-14-7-3-4-8-15(13)14/h3-4,7-8,13,17H,2,5-6,9-12H2,1H3/t13-/m0/s1. The van der Waals surface area contributed by atoms with Crippen LogP contribution in [0.2, 0.25) is 0 Å². The number of hydrogen-bond acceptors (Lipinski definition) is 1. The quantitative estimate of drug-likeness (QED) is 0.709. The van der Waals surface area contributed by atoms with E-state index in [2.05, 4.69) is 36.5 Å². The third kappa shape index (κ3) is 2.13. The Morgan fingerprint density at radius 2 is 1.88 bits per heavy atom. The van der Waals surface area contributed by atoms with Gasteiger partial charge in [-0.1, -0.05) is 50.5 Å². The normalized spacial score (nSPS) is 27.5. The molecule has 1 nitrogen and oxygen atoms in total. The van der Waals surface area contributed by atoms with Crippen molar-refractivity contribution in [2.24, 2.45) is 0 Å². The summed E-state index contributed by atoms with van der Waals surface area (Å²) in [6.45, 7) is 3.47. The van der Waals surface area contributed by atoms with Crippen molar-refractivity contribution in [3.8, 4) is 0 Å². The summed E-state index contributed by atoms with van der Waals surface area (Å²) in [7, 11) is 0. The van der Waals surface area contributed by atoms with E-state index in [1.165, 1.54) is 44.1 Å². The van der Waals surface area contributed by atoms with Crippen LogP contribution < -0.4 is 5.32 Å². The Hall–Kier alpha value is -0.820. The maximum atomic E-state index is 3.88. The molecule has 0 amide bonds. The van der Waals surface area contributed by atoms with Gasteiger partial charge in [-0.15, -0.1) is 0 Å². The Bertz CT molecular complexity index is 390. The van der Waals surface area contributed by atoms with Crippen LogP contribution in [0, 0.1) is 0 Å². The third-order valence-electron chi connectivity index (χ3n) is 4.75. The topological polar surface area (TPSA) is 12.0 Å². The predicted molar refractivity (Wildman–Crippen MR) is 72.1 cm³/mol. The lowest BCUT2D eigenvalue weighted by atomic mass is 9.75. The van der Waals surface area contributed by atoms with Gasteiger partial charge >= 0.3 is 0 Å². The molecular weight excluding hydrogens is 206 g/mol. The molecule has 1 atom stereocenters. The highest BCUT2D eigenvalue weighted by atomic mass is 15.0. The van der Waals surface area contributed by atoms with Crippen molar-refractivity contribution in [2.75, 3.05) is 0 Å². The second-order valence-electron chi connectivity index (χ2n) is 6.00. The van der Waals surface area contributed by atoms with Crippen LogP contribution >= 0.6 is 0 Å². The Labute approximate surface area is 105 Å². The maximum Gasteiger partial charge on any atom is 0.0213 e. The van der Waals surface area contributed by atoms with E-state index in [-0.39, 0.29) is 0 Å². The van der Waals surface area contributed by atoms with Crippen molar-refractivity contribution >= 4 is 0 Å². The van der Waals surface area contributed by atoms with E-state index in [0.717, 1.165) is 6.54 Å². The van der Waals surface area contributed by atoms with Gasteiger partial charge in [-0.25, -0.2) is 0 Å². The van der Waals surface area contributed by atoms with Gasteiger partial charge in [0.1, 0.15) is 0 Å². The fraction of sp³-hybridized carbons (Fsp3) is 0.625. The number of nitrogens with one attached hydrogen (secondary N) is 1. The van der Waals surface area contributed by atoms with Gasteiger partial charge in [0.05, 0.1) is 0 Å². The smallest absolute Gasteiger partial charge is 0.0213 e. The van der Waals surface area contributed by atoms with Gasteiger partial charge in [0, 0.05) is 12.1 Å². The maximum absolute atomic E-state index is 3.88. The van der Waals surface area contributed by atoms with Crippen LogP contribution in [-0.2, 0) is 6.54 Å². The first kappa shape index (κ1) is 11.3. The molecule has 0 aromatic heterocycles. The van der Waals surface area contributed by atoms with E-state index in [4.69, 9.17) is 0 Å². The van der Waals surface area contributed by atoms with Crippen LogP contribution in [0.4, 0.5) is 0 Å². The Morgan fingerprint density at radius 3 is 2.71 bits per heavy atom. The summed E-state index contributed by atoms with van der Waals surface area (Å²) in [6, 6.07) is 8.98. The zero-order valence-electron chi connectivity index (χ0n) is 10.8. The molecule has 1 aromatic rings. The van der Waals surface area contributed by atoms with Crippen LogP contribution in [0.3, 0.4) is 0 Å². The zero-order chi connectivity index (χ0) is 11.7. The molecule has 1 aliphatic heterocycles. The summed E-state index contributed by atoms with van der Waals surface area (Å²) in [5, 5.41) is 3.88. The van der Waals surface area contributed by atoms with Crippen molar-refractivity contribution in [2.45, 2.75) is 63.5 Å². The van der Waals surface area contributed by atoms with E-state index in [1.807, 2.05) is 0 Å². The molecule has 1 aliphatic carbocycles. The summed E-state index contributed by atoms with van der Waals surface area (Å²) < 4.78 is 0. The molecule has 92 valence electrons. The first-order chi connectivity index (χ1) is 8.29. The molecule has 3 rings (SSSR count). The van der Waals surface area contributed by atoms with Gasteiger partial charge in [0.2, 0.25) is 0 Å². The molecule has 0 radical (unpaired) electrons. The van der Waals surface area contributed by atoms with Crippen LogP contribution in [0.25, 0.3) is 0 Å². The van der Waals surface area contributed by atoms with Crippen LogP contribution in [-0.4, -0.2) is 5.54 Å². The van der Waals surface area contributed by atoms with Gasteiger partial charge < -0.3 is 5.32 Å². The number of fused-ring (bicyclic) bond motifs is 1. The molecule has 1 heterocycles. The van der Waals surface area contributed by atoms with Crippen molar-refractivity contribution in [3.05, 3.63) is 35.4 Å². The van der Waals surface area contributed by atoms with E-state index in [0.29, 0.717) is 11.5 Å². The lowest BCUT2D eigenvalue weighted by Gasteiger charge is -2.38. The molecule has 1 spiro atoms. The summed E-state index contributed by atoms with van der Waals surface area (Å²) in [4.78, 5) is 0. The minimum atomic E-state index is 0.441. The molecule has 1 heteroatoms. The first-order valence-electron chi connectivity index (χ1n) is 7.12. The van der Waals surface area contributed by atoms with E-state index < -0.39 is 0 Å². The van der Waals surface area contributed by atoms with Crippen LogP contribution in [0.15, 0.2) is 24.3 Å². The van der Waals surface area contributed by atoms with Crippen molar-refractivity contribution < 1.29 is 0 Å². The average Bonchev–Trinajstić information content (AvgIpc) is 2.50. The van der Waals surface area contributed by atoms with Crippen molar-refractivity contribution in [1.82, 2.24) is 5.32 Å². The highest BCUT2D eigenvalue weighted by Gasteiger charge is 2.35. The Balaban J connectivity index is 1.88. The van der Waals surface area contributed by atoms with Crippen molar-refractivity contribution in [3.63, 3.8) is 0 Å². The summed E-state index contributed by atoms with van der Waals surface area (Å²) in [5.41, 5.74) is 3.53. The van der Waals surface area contributed by atoms with Crippen LogP contribution in [0.1, 0.15) is 62.5 Å².